The lowest BCUT2D eigenvalue weighted by molar-refractivity contribution is -0.140. The number of aryl methyl sites for hydroxylation is 1. The molecule has 0 aliphatic carbocycles. The lowest BCUT2D eigenvalue weighted by Crippen LogP contribution is -2.42. The number of alkyl halides is 3. The second kappa shape index (κ2) is 13.4. The van der Waals surface area contributed by atoms with E-state index in [1.807, 2.05) is 6.92 Å². The summed E-state index contributed by atoms with van der Waals surface area (Å²) in [6.07, 6.45) is 1.38. The van der Waals surface area contributed by atoms with Crippen molar-refractivity contribution >= 4 is 35.4 Å². The fraction of sp³-hybridized carbons (Fsp3) is 0.280. The maximum atomic E-state index is 13.4. The molecule has 0 spiro atoms. The number of carbonyl (C=O) groups is 3. The predicted molar refractivity (Wildman–Crippen MR) is 142 cm³/mol. The fourth-order valence-electron chi connectivity index (χ4n) is 3.85. The highest BCUT2D eigenvalue weighted by molar-refractivity contribution is 5.96. The molecule has 0 saturated carbocycles. The van der Waals surface area contributed by atoms with E-state index in [9.17, 15) is 22.8 Å². The van der Waals surface area contributed by atoms with Crippen LogP contribution in [0.3, 0.4) is 0 Å². The minimum Gasteiger partial charge on any atom is -0.483 e. The zero-order valence-electron chi connectivity index (χ0n) is 22.0. The summed E-state index contributed by atoms with van der Waals surface area (Å²) < 4.78 is 41.6. The van der Waals surface area contributed by atoms with Crippen LogP contribution in [0.25, 0.3) is 16.9 Å². The first-order chi connectivity index (χ1) is 19.5. The molecule has 2 amide bonds. The fourth-order valence-corrected chi connectivity index (χ4v) is 3.85. The number of halogens is 3. The van der Waals surface area contributed by atoms with E-state index in [1.165, 1.54) is 29.2 Å². The molecular weight excluding hydrogens is 547 g/mol. The van der Waals surface area contributed by atoms with E-state index in [-0.39, 0.29) is 42.6 Å². The lowest BCUT2D eigenvalue weighted by atomic mass is 10.0. The van der Waals surface area contributed by atoms with Gasteiger partial charge in [0.15, 0.2) is 17.2 Å². The zero-order chi connectivity index (χ0) is 30.2. The first kappa shape index (κ1) is 30.6. The number of amides is 2. The normalized spacial score (nSPS) is 11.8. The number of aromatic amines is 1. The molecule has 1 atom stereocenters. The Labute approximate surface area is 231 Å². The number of benzene rings is 1. The summed E-state index contributed by atoms with van der Waals surface area (Å²) in [6.45, 7) is 3.71. The highest BCUT2D eigenvalue weighted by Crippen LogP contribution is 2.36. The van der Waals surface area contributed by atoms with Crippen LogP contribution in [0.1, 0.15) is 35.5 Å². The van der Waals surface area contributed by atoms with Crippen molar-refractivity contribution in [3.63, 3.8) is 0 Å². The molecule has 0 bridgehead atoms. The number of hydrogen-bond donors (Lipinski definition) is 6. The lowest BCUT2D eigenvalue weighted by Gasteiger charge is -2.13. The minimum absolute atomic E-state index is 0.136. The topological polar surface area (TPSA) is 192 Å². The van der Waals surface area contributed by atoms with Crippen LogP contribution in [-0.4, -0.2) is 67.1 Å². The number of hydrogen-bond acceptors (Lipinski definition) is 8. The molecule has 0 fully saturated rings. The molecule has 0 aliphatic heterocycles. The zero-order valence-corrected chi connectivity index (χ0v) is 22.0. The van der Waals surface area contributed by atoms with Crippen molar-refractivity contribution in [2.24, 2.45) is 5.73 Å². The number of H-pyrrole nitrogens is 1. The molecule has 13 nitrogen and oxygen atoms in total. The van der Waals surface area contributed by atoms with Crippen molar-refractivity contribution in [1.29, 1.82) is 0 Å². The van der Waals surface area contributed by atoms with Crippen molar-refractivity contribution in [3.05, 3.63) is 59.8 Å². The molecule has 16 heteroatoms. The van der Waals surface area contributed by atoms with Gasteiger partial charge in [0.1, 0.15) is 0 Å². The van der Waals surface area contributed by atoms with E-state index in [0.717, 1.165) is 5.56 Å². The first-order valence-electron chi connectivity index (χ1n) is 12.2. The Morgan fingerprint density at radius 3 is 2.59 bits per heavy atom. The minimum atomic E-state index is -4.63. The second-order valence-corrected chi connectivity index (χ2v) is 8.55. The van der Waals surface area contributed by atoms with Gasteiger partial charge in [0.25, 0.3) is 12.4 Å². The number of anilines is 2. The number of carboxylic acid groups (broad SMARTS) is 1. The highest BCUT2D eigenvalue weighted by atomic mass is 19.4. The highest BCUT2D eigenvalue weighted by Gasteiger charge is 2.37. The van der Waals surface area contributed by atoms with Gasteiger partial charge in [-0.1, -0.05) is 6.92 Å². The van der Waals surface area contributed by atoms with Gasteiger partial charge in [-0.25, -0.2) is 9.97 Å². The average Bonchev–Trinajstić information content (AvgIpc) is 3.59. The molecule has 4 aromatic rings. The third-order valence-electron chi connectivity index (χ3n) is 5.73. The Kier molecular flexibility index (Phi) is 9.97. The van der Waals surface area contributed by atoms with Crippen molar-refractivity contribution in [2.45, 2.75) is 32.5 Å². The maximum absolute atomic E-state index is 13.4. The predicted octanol–water partition coefficient (Wildman–Crippen LogP) is 2.34. The van der Waals surface area contributed by atoms with Gasteiger partial charge in [-0.05, 0) is 37.1 Å². The van der Waals surface area contributed by atoms with E-state index in [0.29, 0.717) is 29.1 Å². The third-order valence-corrected chi connectivity index (χ3v) is 5.73. The van der Waals surface area contributed by atoms with Crippen molar-refractivity contribution < 1.29 is 32.7 Å². The summed E-state index contributed by atoms with van der Waals surface area (Å²) in [7, 11) is 0. The van der Waals surface area contributed by atoms with Gasteiger partial charge in [-0.2, -0.15) is 18.3 Å². The Hall–Kier alpha value is -4.99. The van der Waals surface area contributed by atoms with Crippen LogP contribution >= 0.6 is 0 Å². The number of nitrogens with two attached hydrogens (primary N) is 1. The summed E-state index contributed by atoms with van der Waals surface area (Å²) in [5.74, 6) is -0.273. The molecule has 218 valence electrons. The molecule has 3 heterocycles. The van der Waals surface area contributed by atoms with Gasteiger partial charge in [0, 0.05) is 42.9 Å². The first-order valence-corrected chi connectivity index (χ1v) is 12.2. The molecule has 0 radical (unpaired) electrons. The summed E-state index contributed by atoms with van der Waals surface area (Å²) in [6, 6.07) is 4.52. The molecule has 0 aliphatic rings. The van der Waals surface area contributed by atoms with Gasteiger partial charge >= 0.3 is 6.18 Å². The average molecular weight is 576 g/mol. The van der Waals surface area contributed by atoms with Gasteiger partial charge < -0.3 is 26.8 Å². The van der Waals surface area contributed by atoms with Gasteiger partial charge in [-0.3, -0.25) is 23.9 Å². The number of carbonyl (C=O) groups excluding carboxylic acids is 2. The van der Waals surface area contributed by atoms with Gasteiger partial charge in [-0.15, -0.1) is 0 Å². The largest absolute Gasteiger partial charge is 0.483 e. The van der Waals surface area contributed by atoms with Crippen LogP contribution in [0.2, 0.25) is 0 Å². The summed E-state index contributed by atoms with van der Waals surface area (Å²) in [4.78, 5) is 41.1. The van der Waals surface area contributed by atoms with E-state index >= 15 is 0 Å². The molecular formula is C25H28F3N9O4. The van der Waals surface area contributed by atoms with E-state index in [2.05, 4.69) is 36.1 Å². The summed E-state index contributed by atoms with van der Waals surface area (Å²) >= 11 is 0. The number of imidazole rings is 1. The Morgan fingerprint density at radius 1 is 1.22 bits per heavy atom. The van der Waals surface area contributed by atoms with E-state index in [4.69, 9.17) is 15.6 Å². The third kappa shape index (κ3) is 7.36. The Bertz CT molecular complexity index is 1520. The van der Waals surface area contributed by atoms with Crippen LogP contribution in [-0.2, 0) is 22.2 Å². The number of aromatic nitrogens is 5. The Balaban J connectivity index is 0.00000147. The summed E-state index contributed by atoms with van der Waals surface area (Å²) in [5, 5.41) is 21.0. The summed E-state index contributed by atoms with van der Waals surface area (Å²) in [5.41, 5.74) is 6.68. The van der Waals surface area contributed by atoms with Crippen LogP contribution < -0.4 is 21.7 Å². The smallest absolute Gasteiger partial charge is 0.435 e. The maximum Gasteiger partial charge on any atom is 0.435 e. The van der Waals surface area contributed by atoms with Gasteiger partial charge in [0.05, 0.1) is 23.5 Å². The van der Waals surface area contributed by atoms with Crippen LogP contribution in [0, 0.1) is 0 Å². The number of fused-ring (bicyclic) bond motifs is 1. The second-order valence-electron chi connectivity index (χ2n) is 8.55. The molecule has 41 heavy (non-hydrogen) atoms. The standard InChI is InChI=1S/C24H26F3N9O2.CH2O2/c1-3-14-10-15(4-5-16(14)23(38)31-7-6-30-22(37)13(2)28)34-20-21-32-12-18(36(21)9-8-29-20)17-11-33-35-19(17)24(25,26)27;2-1-3/h4-5,8-13H,3,6-7,28H2,1-2H3,(H,29,34)(H,30,37)(H,31,38)(H,33,35);1H,(H,2,3)/t13-;/m0./s1. The Morgan fingerprint density at radius 2 is 1.93 bits per heavy atom. The van der Waals surface area contributed by atoms with E-state index < -0.39 is 17.9 Å². The van der Waals surface area contributed by atoms with Crippen molar-refractivity contribution in [3.8, 4) is 11.3 Å². The van der Waals surface area contributed by atoms with Crippen LogP contribution in [0.15, 0.2) is 43.0 Å². The quantitative estimate of drug-likeness (QED) is 0.128. The number of nitrogens with zero attached hydrogens (tertiary/aromatic N) is 4. The van der Waals surface area contributed by atoms with E-state index in [1.54, 1.807) is 25.1 Å². The number of rotatable bonds is 9. The van der Waals surface area contributed by atoms with Crippen LogP contribution in [0.4, 0.5) is 24.7 Å². The molecule has 0 unspecified atom stereocenters. The molecule has 3 aromatic heterocycles. The molecule has 7 N–H and O–H groups in total. The monoisotopic (exact) mass is 575 g/mol. The molecule has 4 rings (SSSR count). The molecule has 1 aromatic carbocycles. The van der Waals surface area contributed by atoms with Gasteiger partial charge in [0.2, 0.25) is 5.91 Å². The van der Waals surface area contributed by atoms with Crippen molar-refractivity contribution in [2.75, 3.05) is 18.4 Å². The van der Waals surface area contributed by atoms with Crippen molar-refractivity contribution in [1.82, 2.24) is 35.2 Å². The van der Waals surface area contributed by atoms with Crippen LogP contribution in [0.5, 0.6) is 0 Å². The number of nitrogens with one attached hydrogen (secondary N) is 4. The molecule has 0 saturated heterocycles. The SMILES string of the molecule is CCc1cc(Nc2nccn3c(-c4c[nH]nc4C(F)(F)F)cnc23)ccc1C(=O)NCCNC(=O)[C@H](C)N.O=CO.